The summed E-state index contributed by atoms with van der Waals surface area (Å²) in [5.41, 5.74) is 6.40. The van der Waals surface area contributed by atoms with Gasteiger partial charge in [0, 0.05) is 57.0 Å². The van der Waals surface area contributed by atoms with Crippen LogP contribution in [0.5, 0.6) is 0 Å². The lowest BCUT2D eigenvalue weighted by Crippen LogP contribution is -2.25. The maximum absolute atomic E-state index is 14.1. The first-order valence-electron chi connectivity index (χ1n) is 11.8. The monoisotopic (exact) mass is 546 g/mol. The van der Waals surface area contributed by atoms with E-state index in [0.29, 0.717) is 11.1 Å². The Balaban J connectivity index is 0.000000434. The third-order valence-electron chi connectivity index (χ3n) is 5.64. The average Bonchev–Trinajstić information content (AvgIpc) is 3.36. The van der Waals surface area contributed by atoms with Gasteiger partial charge in [0.05, 0.1) is 23.5 Å². The molecule has 0 radical (unpaired) electrons. The molecule has 1 saturated heterocycles. The number of aryl methyl sites for hydroxylation is 1. The molecule has 0 spiro atoms. The van der Waals surface area contributed by atoms with Crippen LogP contribution in [-0.4, -0.2) is 49.7 Å². The van der Waals surface area contributed by atoms with Gasteiger partial charge in [-0.25, -0.2) is 18.7 Å². The van der Waals surface area contributed by atoms with Crippen molar-refractivity contribution < 1.29 is 18.6 Å². The molecular weight excluding hydrogens is 518 g/mol. The van der Waals surface area contributed by atoms with Crippen molar-refractivity contribution in [2.75, 3.05) is 26.1 Å². The normalized spacial score (nSPS) is 13.5. The number of benzene rings is 1. The van der Waals surface area contributed by atoms with Crippen molar-refractivity contribution in [3.63, 3.8) is 0 Å². The maximum Gasteiger partial charge on any atom is 0.252 e. The summed E-state index contributed by atoms with van der Waals surface area (Å²) in [5, 5.41) is 11.1. The minimum atomic E-state index is -0.704. The second-order valence-corrected chi connectivity index (χ2v) is 8.69. The molecule has 3 aromatic heterocycles. The number of pyridine rings is 1. The van der Waals surface area contributed by atoms with Crippen LogP contribution < -0.4 is 11.3 Å². The minimum absolute atomic E-state index is 0.0248. The van der Waals surface area contributed by atoms with Crippen molar-refractivity contribution in [3.8, 4) is 11.3 Å². The zero-order valence-corrected chi connectivity index (χ0v) is 21.8. The Bertz CT molecular complexity index is 1400. The number of aliphatic hydroxyl groups is 1. The van der Waals surface area contributed by atoms with E-state index in [-0.39, 0.29) is 22.2 Å². The Kier molecular flexibility index (Phi) is 10.5. The highest BCUT2D eigenvalue weighted by molar-refractivity contribution is 6.30. The van der Waals surface area contributed by atoms with Crippen molar-refractivity contribution in [2.24, 2.45) is 7.05 Å². The summed E-state index contributed by atoms with van der Waals surface area (Å²) in [6.45, 7) is 2.00. The molecule has 0 saturated carbocycles. The highest BCUT2D eigenvalue weighted by atomic mass is 35.5. The molecule has 1 aromatic carbocycles. The molecule has 1 aliphatic heterocycles. The second kappa shape index (κ2) is 13.8. The van der Waals surface area contributed by atoms with Gasteiger partial charge in [-0.15, -0.1) is 0 Å². The zero-order chi connectivity index (χ0) is 27.7. The first kappa shape index (κ1) is 28.9. The summed E-state index contributed by atoms with van der Waals surface area (Å²) < 4.78 is 36.3. The maximum atomic E-state index is 14.1. The zero-order valence-electron chi connectivity index (χ0n) is 21.0. The molecule has 9 nitrogen and oxygen atoms in total. The summed E-state index contributed by atoms with van der Waals surface area (Å²) in [7, 11) is 2.73. The lowest BCUT2D eigenvalue weighted by molar-refractivity contribution is 0.0968. The second-order valence-electron chi connectivity index (χ2n) is 8.28. The van der Waals surface area contributed by atoms with E-state index in [1.54, 1.807) is 30.2 Å². The van der Waals surface area contributed by atoms with Crippen molar-refractivity contribution in [2.45, 2.75) is 25.3 Å². The van der Waals surface area contributed by atoms with Crippen LogP contribution in [-0.2, 0) is 11.8 Å². The number of nitrogens with two attached hydrogens (primary N) is 1. The molecule has 5 rings (SSSR count). The van der Waals surface area contributed by atoms with E-state index in [1.807, 2.05) is 0 Å². The van der Waals surface area contributed by atoms with Gasteiger partial charge in [0.1, 0.15) is 11.5 Å². The van der Waals surface area contributed by atoms with Gasteiger partial charge in [0.15, 0.2) is 5.82 Å². The number of halogens is 3. The Morgan fingerprint density at radius 3 is 2.34 bits per heavy atom. The first-order chi connectivity index (χ1) is 18.3. The lowest BCUT2D eigenvalue weighted by atomic mass is 10.0. The number of ether oxygens (including phenoxy) is 1. The molecule has 38 heavy (non-hydrogen) atoms. The van der Waals surface area contributed by atoms with Crippen molar-refractivity contribution in [1.29, 1.82) is 0 Å². The van der Waals surface area contributed by atoms with Gasteiger partial charge in [0.2, 0.25) is 5.95 Å². The predicted molar refractivity (Wildman–Crippen MR) is 141 cm³/mol. The quantitative estimate of drug-likeness (QED) is 0.397. The number of anilines is 1. The van der Waals surface area contributed by atoms with Gasteiger partial charge < -0.3 is 20.1 Å². The van der Waals surface area contributed by atoms with E-state index in [9.17, 15) is 13.6 Å². The van der Waals surface area contributed by atoms with Crippen LogP contribution in [0.4, 0.5) is 14.7 Å². The molecule has 12 heteroatoms. The van der Waals surface area contributed by atoms with E-state index >= 15 is 0 Å². The number of rotatable bonds is 4. The Labute approximate surface area is 223 Å². The lowest BCUT2D eigenvalue weighted by Gasteiger charge is -2.20. The molecular formula is C26H29ClF2N6O3. The summed E-state index contributed by atoms with van der Waals surface area (Å²) in [5.74, 6) is -1.42. The molecule has 4 aromatic rings. The average molecular weight is 547 g/mol. The van der Waals surface area contributed by atoms with E-state index in [0.717, 1.165) is 26.5 Å². The fourth-order valence-corrected chi connectivity index (χ4v) is 4.02. The summed E-state index contributed by atoms with van der Waals surface area (Å²) >= 11 is 5.81. The molecule has 0 aliphatic carbocycles. The number of aliphatic hydroxyl groups excluding tert-OH is 1. The van der Waals surface area contributed by atoms with Crippen molar-refractivity contribution in [3.05, 3.63) is 93.3 Å². The largest absolute Gasteiger partial charge is 0.400 e. The molecule has 202 valence electrons. The Hall–Kier alpha value is -3.67. The number of hydrogen-bond donors (Lipinski definition) is 2. The van der Waals surface area contributed by atoms with E-state index in [4.69, 9.17) is 27.2 Å². The number of aromatic nitrogens is 5. The van der Waals surface area contributed by atoms with Gasteiger partial charge in [-0.3, -0.25) is 9.48 Å². The van der Waals surface area contributed by atoms with Crippen LogP contribution >= 0.6 is 11.6 Å². The smallest absolute Gasteiger partial charge is 0.252 e. The molecule has 1 atom stereocenters. The predicted octanol–water partition coefficient (Wildman–Crippen LogP) is 3.99. The molecule has 4 heterocycles. The van der Waals surface area contributed by atoms with Crippen molar-refractivity contribution in [1.82, 2.24) is 24.3 Å². The van der Waals surface area contributed by atoms with Gasteiger partial charge >= 0.3 is 0 Å². The van der Waals surface area contributed by atoms with E-state index < -0.39 is 23.2 Å². The van der Waals surface area contributed by atoms with Crippen LogP contribution in [0.25, 0.3) is 11.3 Å². The van der Waals surface area contributed by atoms with E-state index in [1.165, 1.54) is 54.3 Å². The summed E-state index contributed by atoms with van der Waals surface area (Å²) in [6.07, 6.45) is 9.67. The number of nitrogen functional groups attached to an aromatic ring is 1. The van der Waals surface area contributed by atoms with Gasteiger partial charge in [-0.1, -0.05) is 17.7 Å². The van der Waals surface area contributed by atoms with Gasteiger partial charge in [0.25, 0.3) is 5.56 Å². The number of hydrogen-bond acceptors (Lipinski definition) is 7. The van der Waals surface area contributed by atoms with Gasteiger partial charge in [-0.05, 0) is 43.0 Å². The molecule has 1 unspecified atom stereocenters. The number of nitrogens with zero attached hydrogens (tertiary/aromatic N) is 5. The van der Waals surface area contributed by atoms with Crippen LogP contribution in [0.3, 0.4) is 0 Å². The SMILES string of the molecule is C1CCOCC1.CO.Cn1cc(C(c2ccc(Cl)c(F)c2)n2ccc(-c3nc(N)ncc3F)cc2=O)cn1. The fraction of sp³-hybridized carbons (Fsp3) is 0.308. The standard InChI is InChI=1S/C20H15ClF2N6O.C5H10O.CH4O/c1-28-10-13(8-26-28)19(12-2-3-14(21)15(22)6-12)29-5-4-11(7-17(29)30)18-16(23)9-25-20(24)27-18;1-2-4-6-5-3-1;1-2/h2-10,19H,1H3,(H2,24,25,27);1-5H2;2H,1H3. The third-order valence-corrected chi connectivity index (χ3v) is 5.95. The summed E-state index contributed by atoms with van der Waals surface area (Å²) in [6, 6.07) is 6.42. The molecule has 1 fully saturated rings. The highest BCUT2D eigenvalue weighted by Crippen LogP contribution is 2.29. The van der Waals surface area contributed by atoms with Crippen LogP contribution in [0.2, 0.25) is 5.02 Å². The van der Waals surface area contributed by atoms with Crippen LogP contribution in [0, 0.1) is 11.6 Å². The first-order valence-corrected chi connectivity index (χ1v) is 12.2. The molecule has 1 aliphatic rings. The summed E-state index contributed by atoms with van der Waals surface area (Å²) in [4.78, 5) is 20.4. The van der Waals surface area contributed by atoms with Crippen LogP contribution in [0.1, 0.15) is 36.4 Å². The molecule has 0 bridgehead atoms. The van der Waals surface area contributed by atoms with Crippen LogP contribution in [0.15, 0.2) is 59.9 Å². The highest BCUT2D eigenvalue weighted by Gasteiger charge is 2.21. The Morgan fingerprint density at radius 2 is 1.79 bits per heavy atom. The minimum Gasteiger partial charge on any atom is -0.400 e. The third kappa shape index (κ3) is 7.21. The topological polar surface area (TPSA) is 121 Å². The molecule has 3 N–H and O–H groups in total. The fourth-order valence-electron chi connectivity index (χ4n) is 3.90. The Morgan fingerprint density at radius 1 is 1.05 bits per heavy atom. The van der Waals surface area contributed by atoms with Gasteiger partial charge in [-0.2, -0.15) is 5.10 Å². The molecule has 0 amide bonds. The van der Waals surface area contributed by atoms with E-state index in [2.05, 4.69) is 15.1 Å². The van der Waals surface area contributed by atoms with Crippen molar-refractivity contribution >= 4 is 17.5 Å².